The molecule has 2 aliphatic heterocycles. The van der Waals surface area contributed by atoms with Gasteiger partial charge >= 0.3 is 5.97 Å². The lowest BCUT2D eigenvalue weighted by molar-refractivity contribution is -0.936. The number of carbonyl (C=O) groups excluding carboxylic acids is 1. The van der Waals surface area contributed by atoms with E-state index in [1.54, 1.807) is 0 Å². The molecule has 0 aromatic carbocycles. The Morgan fingerprint density at radius 3 is 1.54 bits per heavy atom. The van der Waals surface area contributed by atoms with Crippen molar-refractivity contribution in [2.45, 2.75) is 58.0 Å². The number of ether oxygens (including phenoxy) is 1. The number of esters is 1. The third-order valence-electron chi connectivity index (χ3n) is 5.67. The number of piperidine rings is 2. The Morgan fingerprint density at radius 2 is 1.21 bits per heavy atom. The van der Waals surface area contributed by atoms with E-state index >= 15 is 0 Å². The first kappa shape index (κ1) is 24.8. The summed E-state index contributed by atoms with van der Waals surface area (Å²) in [6, 6.07) is 0. The highest BCUT2D eigenvalue weighted by Crippen LogP contribution is 2.22. The van der Waals surface area contributed by atoms with Crippen LogP contribution in [0.25, 0.3) is 0 Å². The monoisotopic (exact) mass is 566 g/mol. The number of halogens is 2. The van der Waals surface area contributed by atoms with Crippen molar-refractivity contribution in [1.82, 2.24) is 0 Å². The summed E-state index contributed by atoms with van der Waals surface area (Å²) >= 11 is 0. The molecule has 0 N–H and O–H groups in total. The second-order valence-electron chi connectivity index (χ2n) is 8.09. The summed E-state index contributed by atoms with van der Waals surface area (Å²) in [5.74, 6) is -0.0304. The molecular weight excluding hydrogens is 530 g/mol. The normalized spacial score (nSPS) is 22.2. The van der Waals surface area contributed by atoms with E-state index in [1.165, 1.54) is 64.7 Å². The Hall–Kier alpha value is 0.850. The van der Waals surface area contributed by atoms with Gasteiger partial charge in [-0.1, -0.05) is 6.92 Å². The quantitative estimate of drug-likeness (QED) is 0.190. The molecule has 2 saturated heterocycles. The minimum Gasteiger partial charge on any atom is -1.00 e. The van der Waals surface area contributed by atoms with Crippen LogP contribution in [0.3, 0.4) is 0 Å². The van der Waals surface area contributed by atoms with Crippen LogP contribution < -0.4 is 48.0 Å². The van der Waals surface area contributed by atoms with Gasteiger partial charge in [0.05, 0.1) is 40.3 Å². The molecule has 144 valence electrons. The van der Waals surface area contributed by atoms with Crippen molar-refractivity contribution in [3.8, 4) is 0 Å². The summed E-state index contributed by atoms with van der Waals surface area (Å²) in [7, 11) is 4.70. The molecule has 4 nitrogen and oxygen atoms in total. The van der Waals surface area contributed by atoms with Gasteiger partial charge in [0.2, 0.25) is 0 Å². The number of hydrogen-bond donors (Lipinski definition) is 0. The number of nitrogens with zero attached hydrogens (tertiary/aromatic N) is 2. The Balaban J connectivity index is 0.00000264. The number of rotatable bonds is 6. The van der Waals surface area contributed by atoms with Crippen LogP contribution >= 0.6 is 0 Å². The summed E-state index contributed by atoms with van der Waals surface area (Å²) in [6.45, 7) is 8.86. The van der Waals surface area contributed by atoms with Crippen molar-refractivity contribution < 1.29 is 66.5 Å². The number of quaternary nitrogens is 2. The minimum atomic E-state index is -0.0304. The molecule has 0 bridgehead atoms. The van der Waals surface area contributed by atoms with Crippen LogP contribution in [-0.4, -0.2) is 74.4 Å². The van der Waals surface area contributed by atoms with E-state index in [1.807, 2.05) is 6.92 Å². The molecule has 24 heavy (non-hydrogen) atoms. The predicted molar refractivity (Wildman–Crippen MR) is 89.4 cm³/mol. The standard InChI is InChI=1S/C18H36N2O2.2HI/c1-4-18(21)22-17(15-19(2)11-7-5-8-12-19)16-20(3)13-9-6-10-14-20;;/h17H,4-16H2,1-3H3;2*1H/q+2;;/p-2. The third-order valence-corrected chi connectivity index (χ3v) is 5.67. The van der Waals surface area contributed by atoms with E-state index in [0.29, 0.717) is 6.42 Å². The molecule has 0 amide bonds. The van der Waals surface area contributed by atoms with Gasteiger partial charge in [0, 0.05) is 6.42 Å². The van der Waals surface area contributed by atoms with Crippen LogP contribution in [0.15, 0.2) is 0 Å². The lowest BCUT2D eigenvalue weighted by Crippen LogP contribution is -3.00. The van der Waals surface area contributed by atoms with Crippen LogP contribution in [0, 0.1) is 0 Å². The van der Waals surface area contributed by atoms with Gasteiger partial charge in [-0.05, 0) is 38.5 Å². The molecule has 0 aliphatic carbocycles. The van der Waals surface area contributed by atoms with Crippen molar-refractivity contribution in [2.24, 2.45) is 0 Å². The van der Waals surface area contributed by atoms with E-state index in [4.69, 9.17) is 4.74 Å². The highest BCUT2D eigenvalue weighted by molar-refractivity contribution is 5.69. The Kier molecular flexibility index (Phi) is 11.9. The zero-order chi connectivity index (χ0) is 16.1. The van der Waals surface area contributed by atoms with E-state index in [9.17, 15) is 4.79 Å². The van der Waals surface area contributed by atoms with Gasteiger partial charge in [-0.2, -0.15) is 0 Å². The molecule has 0 aromatic rings. The van der Waals surface area contributed by atoms with Crippen molar-refractivity contribution in [2.75, 3.05) is 53.4 Å². The molecule has 6 heteroatoms. The minimum absolute atomic E-state index is 0. The molecule has 0 atom stereocenters. The van der Waals surface area contributed by atoms with Crippen LogP contribution in [-0.2, 0) is 9.53 Å². The van der Waals surface area contributed by atoms with Gasteiger partial charge in [-0.15, -0.1) is 0 Å². The Morgan fingerprint density at radius 1 is 0.833 bits per heavy atom. The maximum absolute atomic E-state index is 11.9. The Labute approximate surface area is 182 Å². The maximum Gasteiger partial charge on any atom is 0.306 e. The highest BCUT2D eigenvalue weighted by atomic mass is 127. The molecule has 2 heterocycles. The molecule has 0 radical (unpaired) electrons. The van der Waals surface area contributed by atoms with Crippen LogP contribution in [0.2, 0.25) is 0 Å². The first-order valence-corrected chi connectivity index (χ1v) is 9.31. The van der Waals surface area contributed by atoms with Crippen LogP contribution in [0.1, 0.15) is 51.9 Å². The second kappa shape index (κ2) is 11.5. The number of carbonyl (C=O) groups is 1. The topological polar surface area (TPSA) is 26.3 Å². The largest absolute Gasteiger partial charge is 1.00 e. The van der Waals surface area contributed by atoms with E-state index in [0.717, 1.165) is 22.1 Å². The van der Waals surface area contributed by atoms with E-state index in [-0.39, 0.29) is 60.0 Å². The summed E-state index contributed by atoms with van der Waals surface area (Å²) in [4.78, 5) is 11.9. The molecule has 0 unspecified atom stereocenters. The number of hydrogen-bond acceptors (Lipinski definition) is 2. The SMILES string of the molecule is CCC(=O)OC(C[N+]1(C)CCCCC1)C[N+]1(C)CCCCC1.[I-].[I-]. The van der Waals surface area contributed by atoms with Crippen LogP contribution in [0.4, 0.5) is 0 Å². The molecule has 0 saturated carbocycles. The fourth-order valence-electron chi connectivity index (χ4n) is 4.30. The van der Waals surface area contributed by atoms with Crippen molar-refractivity contribution >= 4 is 5.97 Å². The summed E-state index contributed by atoms with van der Waals surface area (Å²) in [5, 5.41) is 0. The molecule has 2 aliphatic rings. The van der Waals surface area contributed by atoms with E-state index in [2.05, 4.69) is 14.1 Å². The zero-order valence-corrected chi connectivity index (χ0v) is 20.1. The first-order valence-electron chi connectivity index (χ1n) is 9.31. The third kappa shape index (κ3) is 8.03. The van der Waals surface area contributed by atoms with E-state index < -0.39 is 0 Å². The highest BCUT2D eigenvalue weighted by Gasteiger charge is 2.36. The van der Waals surface area contributed by atoms with Gasteiger partial charge in [0.25, 0.3) is 0 Å². The molecule has 0 aromatic heterocycles. The average molecular weight is 566 g/mol. The fourth-order valence-corrected chi connectivity index (χ4v) is 4.30. The van der Waals surface area contributed by atoms with Gasteiger partial charge in [-0.3, -0.25) is 4.79 Å². The number of likely N-dealkylation sites (tertiary alicyclic amines) is 2. The maximum atomic E-state index is 11.9. The molecule has 0 spiro atoms. The van der Waals surface area contributed by atoms with Crippen LogP contribution in [0.5, 0.6) is 0 Å². The fraction of sp³-hybridized carbons (Fsp3) is 0.944. The predicted octanol–water partition coefficient (Wildman–Crippen LogP) is -3.42. The number of likely N-dealkylation sites (N-methyl/N-ethyl adjacent to an activating group) is 2. The average Bonchev–Trinajstić information content (AvgIpc) is 2.47. The lowest BCUT2D eigenvalue weighted by atomic mass is 10.1. The van der Waals surface area contributed by atoms with Crippen molar-refractivity contribution in [3.63, 3.8) is 0 Å². The summed E-state index contributed by atoms with van der Waals surface area (Å²) in [6.07, 6.45) is 8.56. The van der Waals surface area contributed by atoms with Crippen molar-refractivity contribution in [1.29, 1.82) is 0 Å². The van der Waals surface area contributed by atoms with Gasteiger partial charge in [0.1, 0.15) is 13.1 Å². The zero-order valence-electron chi connectivity index (χ0n) is 15.7. The molecular formula is C18H36I2N2O2. The van der Waals surface area contributed by atoms with Gasteiger partial charge in [-0.25, -0.2) is 0 Å². The lowest BCUT2D eigenvalue weighted by Gasteiger charge is -2.43. The molecule has 2 fully saturated rings. The van der Waals surface area contributed by atoms with Crippen molar-refractivity contribution in [3.05, 3.63) is 0 Å². The summed E-state index contributed by atoms with van der Waals surface area (Å²) < 4.78 is 8.04. The first-order chi connectivity index (χ1) is 10.4. The smallest absolute Gasteiger partial charge is 0.306 e. The van der Waals surface area contributed by atoms with Gasteiger partial charge in [0.15, 0.2) is 6.10 Å². The summed E-state index contributed by atoms with van der Waals surface area (Å²) in [5.41, 5.74) is 0. The second-order valence-corrected chi connectivity index (χ2v) is 8.09. The Bertz CT molecular complexity index is 342. The molecule has 2 rings (SSSR count). The van der Waals surface area contributed by atoms with Gasteiger partial charge < -0.3 is 61.7 Å².